The number of unbranched alkanes of at least 4 members (excludes halogenated alkanes) is 1. The number of nitrogens with one attached hydrogen (secondary N) is 1. The first-order chi connectivity index (χ1) is 14.1. The highest BCUT2D eigenvalue weighted by Crippen LogP contribution is 2.30. The van der Waals surface area contributed by atoms with Crippen molar-refractivity contribution in [2.75, 3.05) is 11.9 Å². The topological polar surface area (TPSA) is 49.4 Å². The maximum Gasteiger partial charge on any atom is 0.242 e. The molecule has 3 rings (SSSR count). The van der Waals surface area contributed by atoms with Crippen molar-refractivity contribution in [1.82, 2.24) is 4.90 Å². The average Bonchev–Trinajstić information content (AvgIpc) is 2.99. The van der Waals surface area contributed by atoms with Crippen molar-refractivity contribution in [3.05, 3.63) is 65.7 Å². The molecule has 0 aromatic heterocycles. The molecule has 1 aliphatic rings. The van der Waals surface area contributed by atoms with Gasteiger partial charge in [-0.15, -0.1) is 0 Å². The zero-order valence-electron chi connectivity index (χ0n) is 16.6. The summed E-state index contributed by atoms with van der Waals surface area (Å²) in [6, 6.07) is 17.9. The number of nitrogens with zero attached hydrogens (tertiary/aromatic N) is 1. The number of amides is 2. The number of thioether (sulfide) groups is 1. The Bertz CT molecular complexity index is 853. The first kappa shape index (κ1) is 21.5. The molecular formula is C23H26N2O2S2. The second-order valence-corrected chi connectivity index (χ2v) is 8.99. The van der Waals surface area contributed by atoms with E-state index in [1.165, 1.54) is 17.3 Å². The molecule has 1 aliphatic heterocycles. The lowest BCUT2D eigenvalue weighted by Gasteiger charge is -2.15. The van der Waals surface area contributed by atoms with Crippen molar-refractivity contribution >= 4 is 45.8 Å². The van der Waals surface area contributed by atoms with E-state index in [1.54, 1.807) is 4.90 Å². The molecule has 1 atom stereocenters. The summed E-state index contributed by atoms with van der Waals surface area (Å²) in [6.45, 7) is 2.72. The van der Waals surface area contributed by atoms with Crippen LogP contribution in [0.4, 0.5) is 5.69 Å². The quantitative estimate of drug-likeness (QED) is 0.584. The molecule has 1 fully saturated rings. The number of carbonyl (C=O) groups is 2. The Hall–Kier alpha value is -2.18. The summed E-state index contributed by atoms with van der Waals surface area (Å²) in [5.74, 6) is -0.231. The molecule has 2 aromatic rings. The van der Waals surface area contributed by atoms with E-state index in [1.807, 2.05) is 54.6 Å². The van der Waals surface area contributed by atoms with Crippen LogP contribution in [0.5, 0.6) is 0 Å². The van der Waals surface area contributed by atoms with Crippen LogP contribution in [0.25, 0.3) is 0 Å². The van der Waals surface area contributed by atoms with E-state index in [9.17, 15) is 9.59 Å². The minimum Gasteiger partial charge on any atom is -0.326 e. The van der Waals surface area contributed by atoms with Crippen molar-refractivity contribution in [2.24, 2.45) is 0 Å². The Morgan fingerprint density at radius 1 is 1.07 bits per heavy atom. The minimum absolute atomic E-state index is 0.0685. The predicted molar refractivity (Wildman–Crippen MR) is 124 cm³/mol. The first-order valence-corrected chi connectivity index (χ1v) is 11.3. The molecule has 0 saturated carbocycles. The molecule has 0 spiro atoms. The van der Waals surface area contributed by atoms with E-state index in [-0.39, 0.29) is 18.2 Å². The fourth-order valence-electron chi connectivity index (χ4n) is 3.23. The van der Waals surface area contributed by atoms with Gasteiger partial charge in [-0.1, -0.05) is 79.8 Å². The Morgan fingerprint density at radius 3 is 2.45 bits per heavy atom. The second kappa shape index (κ2) is 10.6. The van der Waals surface area contributed by atoms with Crippen molar-refractivity contribution in [2.45, 2.75) is 44.3 Å². The van der Waals surface area contributed by atoms with Gasteiger partial charge in [-0.25, -0.2) is 0 Å². The van der Waals surface area contributed by atoms with Crippen LogP contribution in [-0.2, 0) is 22.4 Å². The van der Waals surface area contributed by atoms with E-state index in [2.05, 4.69) is 12.2 Å². The van der Waals surface area contributed by atoms with Crippen molar-refractivity contribution in [3.8, 4) is 0 Å². The molecule has 6 heteroatoms. The second-order valence-electron chi connectivity index (χ2n) is 7.15. The number of thiocarbonyl (C=S) groups is 1. The van der Waals surface area contributed by atoms with Gasteiger partial charge in [-0.2, -0.15) is 0 Å². The van der Waals surface area contributed by atoms with Crippen LogP contribution in [0.2, 0.25) is 0 Å². The standard InChI is InChI=1S/C23H26N2O2S2/c1-2-3-7-18-10-12-19(13-11-18)24-21(26)16-20-22(27)25(23(28)29-20)15-14-17-8-5-4-6-9-17/h4-6,8-13,20H,2-3,7,14-16H2,1H3,(H,24,26). The molecule has 152 valence electrons. The molecule has 0 aliphatic carbocycles. The molecule has 1 saturated heterocycles. The summed E-state index contributed by atoms with van der Waals surface area (Å²) in [6.07, 6.45) is 4.25. The van der Waals surface area contributed by atoms with Crippen LogP contribution in [0.1, 0.15) is 37.3 Å². The monoisotopic (exact) mass is 426 g/mol. The highest BCUT2D eigenvalue weighted by Gasteiger charge is 2.37. The van der Waals surface area contributed by atoms with Crippen LogP contribution in [0.3, 0.4) is 0 Å². The van der Waals surface area contributed by atoms with E-state index in [4.69, 9.17) is 12.2 Å². The van der Waals surface area contributed by atoms with Crippen molar-refractivity contribution in [1.29, 1.82) is 0 Å². The van der Waals surface area contributed by atoms with Gasteiger partial charge < -0.3 is 5.32 Å². The SMILES string of the molecule is CCCCc1ccc(NC(=O)CC2SC(=S)N(CCc3ccccc3)C2=O)cc1. The Kier molecular flexibility index (Phi) is 7.83. The Balaban J connectivity index is 1.50. The summed E-state index contributed by atoms with van der Waals surface area (Å²) < 4.78 is 0.559. The molecule has 0 radical (unpaired) electrons. The summed E-state index contributed by atoms with van der Waals surface area (Å²) in [7, 11) is 0. The van der Waals surface area contributed by atoms with Gasteiger partial charge in [-0.3, -0.25) is 14.5 Å². The first-order valence-electron chi connectivity index (χ1n) is 10.0. The number of aryl methyl sites for hydroxylation is 1. The van der Waals surface area contributed by atoms with Gasteiger partial charge in [0.15, 0.2) is 0 Å². The van der Waals surface area contributed by atoms with Crippen LogP contribution >= 0.6 is 24.0 Å². The lowest BCUT2D eigenvalue weighted by molar-refractivity contribution is -0.128. The van der Waals surface area contributed by atoms with Crippen molar-refractivity contribution in [3.63, 3.8) is 0 Å². The normalized spacial score (nSPS) is 16.3. The van der Waals surface area contributed by atoms with E-state index < -0.39 is 5.25 Å². The van der Waals surface area contributed by atoms with Gasteiger partial charge in [0.05, 0.1) is 5.25 Å². The predicted octanol–water partition coefficient (Wildman–Crippen LogP) is 4.83. The van der Waals surface area contributed by atoms with Gasteiger partial charge in [0.25, 0.3) is 0 Å². The van der Waals surface area contributed by atoms with E-state index in [0.29, 0.717) is 10.9 Å². The summed E-state index contributed by atoms with van der Waals surface area (Å²) >= 11 is 6.69. The molecule has 1 unspecified atom stereocenters. The average molecular weight is 427 g/mol. The van der Waals surface area contributed by atoms with Crippen molar-refractivity contribution < 1.29 is 9.59 Å². The number of anilines is 1. The number of benzene rings is 2. The van der Waals surface area contributed by atoms with Crippen LogP contribution in [-0.4, -0.2) is 32.8 Å². The maximum absolute atomic E-state index is 12.7. The van der Waals surface area contributed by atoms with Crippen LogP contribution in [0.15, 0.2) is 54.6 Å². The zero-order valence-corrected chi connectivity index (χ0v) is 18.2. The smallest absolute Gasteiger partial charge is 0.242 e. The highest BCUT2D eigenvalue weighted by atomic mass is 32.2. The Morgan fingerprint density at radius 2 is 1.76 bits per heavy atom. The fraction of sp³-hybridized carbons (Fsp3) is 0.348. The largest absolute Gasteiger partial charge is 0.326 e. The van der Waals surface area contributed by atoms with Gasteiger partial charge in [0, 0.05) is 18.7 Å². The summed E-state index contributed by atoms with van der Waals surface area (Å²) in [5, 5.41) is 2.45. The van der Waals surface area contributed by atoms with Gasteiger partial charge in [-0.05, 0) is 42.5 Å². The minimum atomic E-state index is -0.442. The summed E-state index contributed by atoms with van der Waals surface area (Å²) in [4.78, 5) is 26.8. The molecule has 4 nitrogen and oxygen atoms in total. The van der Waals surface area contributed by atoms with E-state index in [0.717, 1.165) is 36.9 Å². The fourth-order valence-corrected chi connectivity index (χ4v) is 4.78. The zero-order chi connectivity index (χ0) is 20.6. The number of rotatable bonds is 9. The third kappa shape index (κ3) is 6.15. The molecule has 1 heterocycles. The third-order valence-corrected chi connectivity index (χ3v) is 6.48. The molecule has 2 amide bonds. The Labute approximate surface area is 182 Å². The lowest BCUT2D eigenvalue weighted by Crippen LogP contribution is -2.34. The van der Waals surface area contributed by atoms with Gasteiger partial charge >= 0.3 is 0 Å². The maximum atomic E-state index is 12.7. The molecular weight excluding hydrogens is 400 g/mol. The molecule has 0 bridgehead atoms. The van der Waals surface area contributed by atoms with Gasteiger partial charge in [0.1, 0.15) is 4.32 Å². The third-order valence-electron chi connectivity index (χ3n) is 4.90. The number of hydrogen-bond donors (Lipinski definition) is 1. The highest BCUT2D eigenvalue weighted by molar-refractivity contribution is 8.24. The molecule has 1 N–H and O–H groups in total. The lowest BCUT2D eigenvalue weighted by atomic mass is 10.1. The van der Waals surface area contributed by atoms with Crippen LogP contribution < -0.4 is 5.32 Å². The van der Waals surface area contributed by atoms with E-state index >= 15 is 0 Å². The molecule has 2 aromatic carbocycles. The number of carbonyl (C=O) groups excluding carboxylic acids is 2. The molecule has 29 heavy (non-hydrogen) atoms. The van der Waals surface area contributed by atoms with Crippen LogP contribution in [0, 0.1) is 0 Å². The van der Waals surface area contributed by atoms with Gasteiger partial charge in [0.2, 0.25) is 11.8 Å². The number of hydrogen-bond acceptors (Lipinski definition) is 4. The summed E-state index contributed by atoms with van der Waals surface area (Å²) in [5.41, 5.74) is 3.19.